The summed E-state index contributed by atoms with van der Waals surface area (Å²) < 4.78 is 0. The van der Waals surface area contributed by atoms with E-state index in [9.17, 15) is 14.4 Å². The molecule has 0 spiro atoms. The van der Waals surface area contributed by atoms with Gasteiger partial charge in [-0.1, -0.05) is 30.3 Å². The van der Waals surface area contributed by atoms with Crippen molar-refractivity contribution in [1.82, 2.24) is 15.5 Å². The standard InChI is InChI=1S/C16H16ClN5O3/c1-2-14(24)21-15-11(8-19-22-15)16(25)20-12(7-13(18)23)9-4-3-5-10(17)6-9/h2-6,8,12H,1,7H2,(H2,18,23)(H,20,25)(H2,19,21,22,24)/t12-/m0/s1. The first-order valence-electron chi connectivity index (χ1n) is 7.22. The first kappa shape index (κ1) is 18.2. The molecule has 0 saturated carbocycles. The lowest BCUT2D eigenvalue weighted by atomic mass is 10.0. The minimum Gasteiger partial charge on any atom is -0.370 e. The number of amides is 3. The Labute approximate surface area is 148 Å². The molecule has 9 heteroatoms. The van der Waals surface area contributed by atoms with Crippen LogP contribution < -0.4 is 16.4 Å². The van der Waals surface area contributed by atoms with Crippen molar-refractivity contribution in [3.8, 4) is 0 Å². The Morgan fingerprint density at radius 2 is 2.16 bits per heavy atom. The number of nitrogens with zero attached hydrogens (tertiary/aromatic N) is 1. The van der Waals surface area contributed by atoms with E-state index in [1.165, 1.54) is 6.20 Å². The third-order valence-electron chi connectivity index (χ3n) is 3.28. The zero-order valence-corrected chi connectivity index (χ0v) is 13.8. The van der Waals surface area contributed by atoms with Crippen molar-refractivity contribution >= 4 is 35.1 Å². The number of aromatic nitrogens is 2. The Hall–Kier alpha value is -3.13. The molecule has 0 fully saturated rings. The predicted octanol–water partition coefficient (Wildman–Crippen LogP) is 1.53. The summed E-state index contributed by atoms with van der Waals surface area (Å²) in [6.45, 7) is 3.33. The van der Waals surface area contributed by atoms with Crippen LogP contribution in [-0.4, -0.2) is 27.9 Å². The highest BCUT2D eigenvalue weighted by atomic mass is 35.5. The van der Waals surface area contributed by atoms with Gasteiger partial charge in [0.25, 0.3) is 5.91 Å². The van der Waals surface area contributed by atoms with Gasteiger partial charge in [-0.2, -0.15) is 5.10 Å². The number of carbonyl (C=O) groups excluding carboxylic acids is 3. The maximum Gasteiger partial charge on any atom is 0.257 e. The summed E-state index contributed by atoms with van der Waals surface area (Å²) >= 11 is 5.96. The van der Waals surface area contributed by atoms with Crippen LogP contribution in [0.2, 0.25) is 5.02 Å². The Balaban J connectivity index is 2.23. The first-order valence-corrected chi connectivity index (χ1v) is 7.60. The van der Waals surface area contributed by atoms with E-state index in [4.69, 9.17) is 17.3 Å². The van der Waals surface area contributed by atoms with Crippen LogP contribution in [0.3, 0.4) is 0 Å². The lowest BCUT2D eigenvalue weighted by Crippen LogP contribution is -2.32. The number of hydrogen-bond donors (Lipinski definition) is 4. The molecule has 0 unspecified atom stereocenters. The zero-order valence-electron chi connectivity index (χ0n) is 13.1. The lowest BCUT2D eigenvalue weighted by molar-refractivity contribution is -0.118. The predicted molar refractivity (Wildman–Crippen MR) is 92.9 cm³/mol. The molecule has 1 aromatic heterocycles. The Bertz CT molecular complexity index is 818. The number of nitrogens with one attached hydrogen (secondary N) is 3. The Kier molecular flexibility index (Phi) is 5.91. The number of nitrogens with two attached hydrogens (primary N) is 1. The first-order chi connectivity index (χ1) is 11.9. The van der Waals surface area contributed by atoms with Crippen molar-refractivity contribution in [2.75, 3.05) is 5.32 Å². The van der Waals surface area contributed by atoms with Crippen molar-refractivity contribution in [3.63, 3.8) is 0 Å². The van der Waals surface area contributed by atoms with Crippen molar-refractivity contribution in [1.29, 1.82) is 0 Å². The second-order valence-corrected chi connectivity index (χ2v) is 5.54. The quantitative estimate of drug-likeness (QED) is 0.557. The van der Waals surface area contributed by atoms with Gasteiger partial charge in [0.05, 0.1) is 18.7 Å². The highest BCUT2D eigenvalue weighted by Crippen LogP contribution is 2.22. The number of primary amides is 1. The summed E-state index contributed by atoms with van der Waals surface area (Å²) in [5, 5.41) is 11.8. The highest BCUT2D eigenvalue weighted by molar-refractivity contribution is 6.30. The van der Waals surface area contributed by atoms with E-state index in [2.05, 4.69) is 27.4 Å². The average Bonchev–Trinajstić information content (AvgIpc) is 3.01. The maximum atomic E-state index is 12.5. The van der Waals surface area contributed by atoms with Gasteiger partial charge in [-0.15, -0.1) is 0 Å². The number of hydrogen-bond acceptors (Lipinski definition) is 4. The molecule has 2 aromatic rings. The molecule has 0 aliphatic heterocycles. The number of carbonyl (C=O) groups is 3. The summed E-state index contributed by atoms with van der Waals surface area (Å²) in [5.74, 6) is -1.51. The van der Waals surface area contributed by atoms with E-state index < -0.39 is 23.8 Å². The molecular formula is C16H16ClN5O3. The Morgan fingerprint density at radius 1 is 1.40 bits per heavy atom. The molecule has 0 radical (unpaired) electrons. The van der Waals surface area contributed by atoms with Crippen LogP contribution in [0.25, 0.3) is 0 Å². The van der Waals surface area contributed by atoms with Gasteiger partial charge in [-0.25, -0.2) is 0 Å². The molecule has 0 aliphatic carbocycles. The van der Waals surface area contributed by atoms with E-state index in [1.54, 1.807) is 24.3 Å². The molecule has 0 saturated heterocycles. The van der Waals surface area contributed by atoms with Gasteiger partial charge in [0.1, 0.15) is 11.4 Å². The van der Waals surface area contributed by atoms with Crippen molar-refractivity contribution in [3.05, 3.63) is 59.3 Å². The number of benzene rings is 1. The summed E-state index contributed by atoms with van der Waals surface area (Å²) in [6.07, 6.45) is 2.20. The molecule has 5 N–H and O–H groups in total. The number of rotatable bonds is 7. The fraction of sp³-hybridized carbons (Fsp3) is 0.125. The van der Waals surface area contributed by atoms with Crippen LogP contribution in [0.1, 0.15) is 28.4 Å². The molecule has 130 valence electrons. The largest absolute Gasteiger partial charge is 0.370 e. The monoisotopic (exact) mass is 361 g/mol. The molecule has 1 aromatic carbocycles. The minimum atomic E-state index is -0.679. The molecule has 0 bridgehead atoms. The van der Waals surface area contributed by atoms with Gasteiger partial charge in [-0.3, -0.25) is 19.5 Å². The van der Waals surface area contributed by atoms with Gasteiger partial charge in [0.15, 0.2) is 0 Å². The normalized spacial score (nSPS) is 11.4. The highest BCUT2D eigenvalue weighted by Gasteiger charge is 2.21. The van der Waals surface area contributed by atoms with Crippen molar-refractivity contribution < 1.29 is 14.4 Å². The minimum absolute atomic E-state index is 0.103. The number of anilines is 1. The van der Waals surface area contributed by atoms with Crippen LogP contribution in [0.4, 0.5) is 5.82 Å². The van der Waals surface area contributed by atoms with Crippen LogP contribution in [0.5, 0.6) is 0 Å². The SMILES string of the molecule is C=CC(=O)Nc1[nH]ncc1C(=O)N[C@@H](CC(N)=O)c1cccc(Cl)c1. The molecule has 1 atom stereocenters. The smallest absolute Gasteiger partial charge is 0.257 e. The lowest BCUT2D eigenvalue weighted by Gasteiger charge is -2.18. The topological polar surface area (TPSA) is 130 Å². The molecule has 8 nitrogen and oxygen atoms in total. The number of aromatic amines is 1. The van der Waals surface area contributed by atoms with Crippen LogP contribution in [-0.2, 0) is 9.59 Å². The average molecular weight is 362 g/mol. The number of halogens is 1. The Morgan fingerprint density at radius 3 is 2.80 bits per heavy atom. The third-order valence-corrected chi connectivity index (χ3v) is 3.51. The molecule has 1 heterocycles. The molecule has 25 heavy (non-hydrogen) atoms. The zero-order chi connectivity index (χ0) is 18.4. The van der Waals surface area contributed by atoms with Crippen molar-refractivity contribution in [2.45, 2.75) is 12.5 Å². The number of H-pyrrole nitrogens is 1. The van der Waals surface area contributed by atoms with E-state index >= 15 is 0 Å². The second-order valence-electron chi connectivity index (χ2n) is 5.10. The fourth-order valence-electron chi connectivity index (χ4n) is 2.14. The van der Waals surface area contributed by atoms with E-state index in [1.807, 2.05) is 0 Å². The molecule has 2 rings (SSSR count). The van der Waals surface area contributed by atoms with Gasteiger partial charge < -0.3 is 16.4 Å². The third kappa shape index (κ3) is 4.92. The van der Waals surface area contributed by atoms with E-state index in [0.717, 1.165) is 6.08 Å². The van der Waals surface area contributed by atoms with E-state index in [-0.39, 0.29) is 17.8 Å². The van der Waals surface area contributed by atoms with Gasteiger partial charge in [0.2, 0.25) is 11.8 Å². The van der Waals surface area contributed by atoms with Crippen LogP contribution >= 0.6 is 11.6 Å². The summed E-state index contributed by atoms with van der Waals surface area (Å²) in [5.41, 5.74) is 6.00. The van der Waals surface area contributed by atoms with Gasteiger partial charge >= 0.3 is 0 Å². The van der Waals surface area contributed by atoms with Gasteiger partial charge in [-0.05, 0) is 23.8 Å². The molecular weight excluding hydrogens is 346 g/mol. The van der Waals surface area contributed by atoms with E-state index in [0.29, 0.717) is 10.6 Å². The summed E-state index contributed by atoms with van der Waals surface area (Å²) in [6, 6.07) is 6.04. The maximum absolute atomic E-state index is 12.5. The summed E-state index contributed by atoms with van der Waals surface area (Å²) in [7, 11) is 0. The fourth-order valence-corrected chi connectivity index (χ4v) is 2.34. The van der Waals surface area contributed by atoms with Gasteiger partial charge in [0, 0.05) is 5.02 Å². The summed E-state index contributed by atoms with van der Waals surface area (Å²) in [4.78, 5) is 35.2. The van der Waals surface area contributed by atoms with Crippen molar-refractivity contribution in [2.24, 2.45) is 5.73 Å². The van der Waals surface area contributed by atoms with Crippen LogP contribution in [0, 0.1) is 0 Å². The molecule has 0 aliphatic rings. The van der Waals surface area contributed by atoms with Crippen LogP contribution in [0.15, 0.2) is 43.1 Å². The molecule has 3 amide bonds. The second kappa shape index (κ2) is 8.11.